The molecule has 2 N–H and O–H groups in total. The predicted molar refractivity (Wildman–Crippen MR) is 48.9 cm³/mol. The topological polar surface area (TPSA) is 35.2 Å². The number of rotatable bonds is 2. The monoisotopic (exact) mass is 169 g/mol. The van der Waals surface area contributed by atoms with Crippen molar-refractivity contribution in [3.8, 4) is 0 Å². The van der Waals surface area contributed by atoms with Gasteiger partial charge in [0.1, 0.15) is 0 Å². The lowest BCUT2D eigenvalue weighted by atomic mass is 9.68. The molecule has 1 aliphatic carbocycles. The summed E-state index contributed by atoms with van der Waals surface area (Å²) in [7, 11) is 0. The van der Waals surface area contributed by atoms with Crippen LogP contribution in [0, 0.1) is 11.8 Å². The Morgan fingerprint density at radius 1 is 1.42 bits per heavy atom. The largest absolute Gasteiger partial charge is 0.375 e. The molecular formula is C10H19NO. The van der Waals surface area contributed by atoms with E-state index < -0.39 is 0 Å². The van der Waals surface area contributed by atoms with E-state index in [4.69, 9.17) is 10.5 Å². The van der Waals surface area contributed by atoms with Crippen LogP contribution in [-0.4, -0.2) is 18.8 Å². The van der Waals surface area contributed by atoms with Crippen molar-refractivity contribution < 1.29 is 4.74 Å². The predicted octanol–water partition coefficient (Wildman–Crippen LogP) is 1.54. The second-order valence-corrected chi connectivity index (χ2v) is 4.38. The quantitative estimate of drug-likeness (QED) is 0.680. The highest BCUT2D eigenvalue weighted by Crippen LogP contribution is 2.46. The average Bonchev–Trinajstić information content (AvgIpc) is 2.27. The van der Waals surface area contributed by atoms with E-state index in [1.54, 1.807) is 0 Å². The summed E-state index contributed by atoms with van der Waals surface area (Å²) in [6.07, 6.45) is 5.27. The first-order valence-corrected chi connectivity index (χ1v) is 5.11. The van der Waals surface area contributed by atoms with Gasteiger partial charge < -0.3 is 10.5 Å². The smallest absolute Gasteiger partial charge is 0.0723 e. The van der Waals surface area contributed by atoms with Crippen molar-refractivity contribution in [2.24, 2.45) is 17.6 Å². The van der Waals surface area contributed by atoms with Crippen LogP contribution >= 0.6 is 0 Å². The third-order valence-corrected chi connectivity index (χ3v) is 3.89. The Morgan fingerprint density at radius 3 is 2.67 bits per heavy atom. The van der Waals surface area contributed by atoms with Gasteiger partial charge in [-0.15, -0.1) is 0 Å². The zero-order chi connectivity index (χ0) is 8.60. The number of ether oxygens (including phenoxy) is 1. The fraction of sp³-hybridized carbons (Fsp3) is 1.00. The molecule has 0 spiro atoms. The van der Waals surface area contributed by atoms with Gasteiger partial charge in [0.25, 0.3) is 0 Å². The van der Waals surface area contributed by atoms with Crippen molar-refractivity contribution in [3.05, 3.63) is 0 Å². The van der Waals surface area contributed by atoms with E-state index in [9.17, 15) is 0 Å². The Balaban J connectivity index is 2.05. The van der Waals surface area contributed by atoms with Gasteiger partial charge in [-0.3, -0.25) is 0 Å². The van der Waals surface area contributed by atoms with Crippen molar-refractivity contribution >= 4 is 0 Å². The minimum atomic E-state index is 0.132. The summed E-state index contributed by atoms with van der Waals surface area (Å²) in [5, 5.41) is 0. The molecule has 0 radical (unpaired) electrons. The van der Waals surface area contributed by atoms with E-state index in [2.05, 4.69) is 6.92 Å². The van der Waals surface area contributed by atoms with Crippen LogP contribution in [-0.2, 0) is 4.74 Å². The van der Waals surface area contributed by atoms with E-state index in [1.807, 2.05) is 0 Å². The molecule has 2 fully saturated rings. The normalized spacial score (nSPS) is 43.0. The van der Waals surface area contributed by atoms with Gasteiger partial charge >= 0.3 is 0 Å². The maximum absolute atomic E-state index is 5.87. The standard InChI is InChI=1S/C10H19NO/c1-10(8-3-2-4-8)9(7-11)5-6-12-10/h8-9H,2-7,11H2,1H3. The van der Waals surface area contributed by atoms with Crippen LogP contribution in [0.15, 0.2) is 0 Å². The molecule has 2 rings (SSSR count). The summed E-state index contributed by atoms with van der Waals surface area (Å²) in [5.74, 6) is 1.41. The Labute approximate surface area is 74.5 Å². The lowest BCUT2D eigenvalue weighted by molar-refractivity contribution is -0.0778. The molecule has 12 heavy (non-hydrogen) atoms. The second-order valence-electron chi connectivity index (χ2n) is 4.38. The van der Waals surface area contributed by atoms with Crippen molar-refractivity contribution in [2.75, 3.05) is 13.2 Å². The number of hydrogen-bond acceptors (Lipinski definition) is 2. The molecule has 2 atom stereocenters. The molecule has 1 saturated heterocycles. The van der Waals surface area contributed by atoms with Gasteiger partial charge in [0.2, 0.25) is 0 Å². The van der Waals surface area contributed by atoms with Crippen LogP contribution in [0.2, 0.25) is 0 Å². The Kier molecular flexibility index (Phi) is 2.13. The molecule has 0 aromatic carbocycles. The fourth-order valence-corrected chi connectivity index (χ4v) is 2.61. The SMILES string of the molecule is CC1(C2CCC2)OCCC1CN. The first-order valence-electron chi connectivity index (χ1n) is 5.11. The lowest BCUT2D eigenvalue weighted by Crippen LogP contribution is -2.46. The summed E-state index contributed by atoms with van der Waals surface area (Å²) in [6, 6.07) is 0. The first-order chi connectivity index (χ1) is 5.77. The minimum Gasteiger partial charge on any atom is -0.375 e. The van der Waals surface area contributed by atoms with Crippen LogP contribution in [0.4, 0.5) is 0 Å². The molecule has 2 unspecified atom stereocenters. The molecule has 0 bridgehead atoms. The summed E-state index contributed by atoms with van der Waals surface area (Å²) in [6.45, 7) is 3.99. The van der Waals surface area contributed by atoms with Crippen molar-refractivity contribution in [2.45, 2.75) is 38.2 Å². The molecule has 70 valence electrons. The third kappa shape index (κ3) is 1.09. The molecule has 1 heterocycles. The molecule has 2 aliphatic rings. The molecule has 1 aliphatic heterocycles. The highest BCUT2D eigenvalue weighted by atomic mass is 16.5. The second kappa shape index (κ2) is 3.00. The molecule has 1 saturated carbocycles. The Hall–Kier alpha value is -0.0800. The van der Waals surface area contributed by atoms with Crippen LogP contribution < -0.4 is 5.73 Å². The van der Waals surface area contributed by atoms with Crippen LogP contribution in [0.25, 0.3) is 0 Å². The van der Waals surface area contributed by atoms with Crippen molar-refractivity contribution in [1.29, 1.82) is 0 Å². The molecule has 0 amide bonds. The van der Waals surface area contributed by atoms with Crippen molar-refractivity contribution in [1.82, 2.24) is 0 Å². The Bertz CT molecular complexity index is 167. The molecule has 2 nitrogen and oxygen atoms in total. The zero-order valence-electron chi connectivity index (χ0n) is 7.88. The third-order valence-electron chi connectivity index (χ3n) is 3.89. The van der Waals surface area contributed by atoms with Crippen LogP contribution in [0.3, 0.4) is 0 Å². The van der Waals surface area contributed by atoms with E-state index in [-0.39, 0.29) is 5.60 Å². The van der Waals surface area contributed by atoms with E-state index in [1.165, 1.54) is 25.7 Å². The average molecular weight is 169 g/mol. The lowest BCUT2D eigenvalue weighted by Gasteiger charge is -2.43. The Morgan fingerprint density at radius 2 is 2.17 bits per heavy atom. The van der Waals surface area contributed by atoms with Gasteiger partial charge in [0, 0.05) is 12.5 Å². The fourth-order valence-electron chi connectivity index (χ4n) is 2.61. The molecule has 0 aromatic rings. The van der Waals surface area contributed by atoms with Gasteiger partial charge in [-0.1, -0.05) is 6.42 Å². The summed E-state index contributed by atoms with van der Waals surface area (Å²) < 4.78 is 5.87. The van der Waals surface area contributed by atoms with E-state index in [0.29, 0.717) is 5.92 Å². The molecule has 0 aromatic heterocycles. The van der Waals surface area contributed by atoms with Crippen LogP contribution in [0.1, 0.15) is 32.6 Å². The van der Waals surface area contributed by atoms with E-state index in [0.717, 1.165) is 19.1 Å². The van der Waals surface area contributed by atoms with E-state index >= 15 is 0 Å². The van der Waals surface area contributed by atoms with Crippen LogP contribution in [0.5, 0.6) is 0 Å². The zero-order valence-corrected chi connectivity index (χ0v) is 7.88. The van der Waals surface area contributed by atoms with Crippen molar-refractivity contribution in [3.63, 3.8) is 0 Å². The summed E-state index contributed by atoms with van der Waals surface area (Å²) >= 11 is 0. The molecular weight excluding hydrogens is 150 g/mol. The van der Waals surface area contributed by atoms with Gasteiger partial charge in [0.05, 0.1) is 5.60 Å². The first kappa shape index (κ1) is 8.52. The highest BCUT2D eigenvalue weighted by molar-refractivity contribution is 4.97. The minimum absolute atomic E-state index is 0.132. The number of hydrogen-bond donors (Lipinski definition) is 1. The highest BCUT2D eigenvalue weighted by Gasteiger charge is 2.47. The number of nitrogens with two attached hydrogens (primary N) is 1. The van der Waals surface area contributed by atoms with Gasteiger partial charge in [0.15, 0.2) is 0 Å². The maximum Gasteiger partial charge on any atom is 0.0723 e. The summed E-state index contributed by atoms with van der Waals surface area (Å²) in [5.41, 5.74) is 5.88. The van der Waals surface area contributed by atoms with Gasteiger partial charge in [-0.05, 0) is 38.6 Å². The molecule has 2 heteroatoms. The summed E-state index contributed by atoms with van der Waals surface area (Å²) in [4.78, 5) is 0. The van der Waals surface area contributed by atoms with Gasteiger partial charge in [-0.25, -0.2) is 0 Å². The van der Waals surface area contributed by atoms with Gasteiger partial charge in [-0.2, -0.15) is 0 Å². The maximum atomic E-state index is 5.87.